The minimum Gasteiger partial charge on any atom is -0.331 e. The fourth-order valence-corrected chi connectivity index (χ4v) is 7.27. The van der Waals surface area contributed by atoms with Gasteiger partial charge in [-0.05, 0) is 83.2 Å². The van der Waals surface area contributed by atoms with E-state index in [9.17, 15) is 18.0 Å². The number of amides is 2. The monoisotopic (exact) mass is 656 g/mol. The van der Waals surface area contributed by atoms with E-state index in [0.29, 0.717) is 6.54 Å². The number of aryl methyl sites for hydroxylation is 1. The first-order valence-corrected chi connectivity index (χ1v) is 18.1. The number of fused-ring (bicyclic) bond motifs is 1. The molecule has 6 rings (SSSR count). The Morgan fingerprint density at radius 1 is 0.729 bits per heavy atom. The number of rotatable bonds is 11. The third-order valence-electron chi connectivity index (χ3n) is 9.17. The van der Waals surface area contributed by atoms with Crippen LogP contribution in [0.5, 0.6) is 0 Å². The van der Waals surface area contributed by atoms with Crippen LogP contribution >= 0.6 is 0 Å². The normalized spacial score (nSPS) is 15.7. The summed E-state index contributed by atoms with van der Waals surface area (Å²) in [5.41, 5.74) is 7.60. The Morgan fingerprint density at radius 3 is 2.08 bits per heavy atom. The van der Waals surface area contributed by atoms with Crippen LogP contribution < -0.4 is 4.72 Å². The number of carbonyl (C=O) groups is 2. The van der Waals surface area contributed by atoms with Crippen molar-refractivity contribution in [3.05, 3.63) is 167 Å². The van der Waals surface area contributed by atoms with Crippen molar-refractivity contribution in [3.63, 3.8) is 0 Å². The molecule has 5 aromatic rings. The number of nitrogens with zero attached hydrogens (tertiary/aromatic N) is 1. The van der Waals surface area contributed by atoms with Crippen molar-refractivity contribution in [2.75, 3.05) is 5.75 Å². The van der Waals surface area contributed by atoms with Crippen molar-refractivity contribution in [2.45, 2.75) is 45.2 Å². The highest BCUT2D eigenvalue weighted by Gasteiger charge is 2.36. The first-order valence-electron chi connectivity index (χ1n) is 16.5. The summed E-state index contributed by atoms with van der Waals surface area (Å²) in [5.74, 6) is -0.547. The topological polar surface area (TPSA) is 83.5 Å². The smallest absolute Gasteiger partial charge is 0.264 e. The van der Waals surface area contributed by atoms with E-state index in [1.807, 2.05) is 54.6 Å². The molecule has 0 radical (unpaired) electrons. The van der Waals surface area contributed by atoms with Gasteiger partial charge in [0.05, 0.1) is 18.2 Å². The zero-order chi connectivity index (χ0) is 33.5. The molecule has 0 saturated heterocycles. The molecule has 5 aromatic carbocycles. The van der Waals surface area contributed by atoms with Gasteiger partial charge in [0.25, 0.3) is 5.91 Å². The van der Waals surface area contributed by atoms with Crippen molar-refractivity contribution in [1.82, 2.24) is 9.62 Å². The lowest BCUT2D eigenvalue weighted by molar-refractivity contribution is -0.135. The first kappa shape index (κ1) is 32.9. The Hall–Kier alpha value is -5.01. The van der Waals surface area contributed by atoms with E-state index >= 15 is 0 Å². The minimum atomic E-state index is -3.69. The minimum absolute atomic E-state index is 0.0497. The van der Waals surface area contributed by atoms with Crippen LogP contribution in [-0.2, 0) is 40.6 Å². The predicted octanol–water partition coefficient (Wildman–Crippen LogP) is 7.55. The number of sulfonamides is 1. The maximum Gasteiger partial charge on any atom is 0.264 e. The second kappa shape index (κ2) is 14.8. The van der Waals surface area contributed by atoms with Gasteiger partial charge in [-0.3, -0.25) is 9.59 Å². The van der Waals surface area contributed by atoms with E-state index in [1.54, 1.807) is 18.2 Å². The van der Waals surface area contributed by atoms with Crippen LogP contribution in [0.25, 0.3) is 11.1 Å². The molecule has 0 bridgehead atoms. The molecule has 0 fully saturated rings. The van der Waals surface area contributed by atoms with Gasteiger partial charge in [0.15, 0.2) is 0 Å². The number of benzene rings is 5. The number of nitrogens with one attached hydrogen (secondary N) is 1. The lowest BCUT2D eigenvalue weighted by atomic mass is 9.76. The van der Waals surface area contributed by atoms with Crippen LogP contribution in [0.4, 0.5) is 0 Å². The highest BCUT2D eigenvalue weighted by atomic mass is 32.2. The highest BCUT2D eigenvalue weighted by molar-refractivity contribution is 7.90. The number of hydrogen-bond acceptors (Lipinski definition) is 4. The average molecular weight is 657 g/mol. The van der Waals surface area contributed by atoms with Crippen LogP contribution in [-0.4, -0.2) is 30.9 Å². The van der Waals surface area contributed by atoms with Gasteiger partial charge >= 0.3 is 0 Å². The van der Waals surface area contributed by atoms with Crippen LogP contribution in [0.1, 0.15) is 57.6 Å². The molecule has 1 aliphatic rings. The Kier molecular flexibility index (Phi) is 10.2. The van der Waals surface area contributed by atoms with Crippen LogP contribution in [0.2, 0.25) is 0 Å². The molecule has 1 N–H and O–H groups in total. The molecule has 7 heteroatoms. The molecule has 2 atom stereocenters. The molecule has 0 saturated carbocycles. The first-order chi connectivity index (χ1) is 23.3. The standard InChI is InChI=1S/C41H40N2O4S/c1-2-48(46,47)42-41(45)37-21-12-20-35(28-37)34-19-11-17-32(26-34)27-39(44)43(29-31-15-7-4-8-16-31)40-36(25-30-13-5-3-6-14-30)24-23-33-18-9-10-22-38(33)40/h3-22,26,28,36,40H,2,23-25,27,29H2,1H3,(H,42,45)/t36-,40-/m0/s1. The maximum absolute atomic E-state index is 14.6. The van der Waals surface area contributed by atoms with Crippen LogP contribution in [0.3, 0.4) is 0 Å². The summed E-state index contributed by atoms with van der Waals surface area (Å²) in [5, 5.41) is 0. The third-order valence-corrected chi connectivity index (χ3v) is 10.4. The van der Waals surface area contributed by atoms with Gasteiger partial charge < -0.3 is 4.90 Å². The van der Waals surface area contributed by atoms with E-state index in [0.717, 1.165) is 41.5 Å². The Bertz CT molecular complexity index is 1990. The average Bonchev–Trinajstić information content (AvgIpc) is 3.11. The fraction of sp³-hybridized carbons (Fsp3) is 0.220. The summed E-state index contributed by atoms with van der Waals surface area (Å²) in [6.07, 6.45) is 3.08. The van der Waals surface area contributed by atoms with Crippen molar-refractivity contribution >= 4 is 21.8 Å². The SMILES string of the molecule is CCS(=O)(=O)NC(=O)c1cccc(-c2cccc(CC(=O)N(Cc3ccccc3)[C@@H]3c4ccccc4CC[C@H]3Cc3ccccc3)c2)c1. The highest BCUT2D eigenvalue weighted by Crippen LogP contribution is 2.41. The van der Waals surface area contributed by atoms with Crippen molar-refractivity contribution in [3.8, 4) is 11.1 Å². The van der Waals surface area contributed by atoms with Crippen molar-refractivity contribution in [2.24, 2.45) is 5.92 Å². The Labute approximate surface area is 283 Å². The van der Waals surface area contributed by atoms with Gasteiger partial charge in [-0.2, -0.15) is 0 Å². The quantitative estimate of drug-likeness (QED) is 0.159. The predicted molar refractivity (Wildman–Crippen MR) is 191 cm³/mol. The molecule has 0 spiro atoms. The van der Waals surface area contributed by atoms with Gasteiger partial charge in [0.2, 0.25) is 15.9 Å². The zero-order valence-electron chi connectivity index (χ0n) is 27.1. The second-order valence-electron chi connectivity index (χ2n) is 12.4. The lowest BCUT2D eigenvalue weighted by Gasteiger charge is -2.42. The van der Waals surface area contributed by atoms with Gasteiger partial charge in [0.1, 0.15) is 0 Å². The molecule has 48 heavy (non-hydrogen) atoms. The molecule has 244 valence electrons. The molecule has 1 aliphatic carbocycles. The van der Waals surface area contributed by atoms with E-state index < -0.39 is 15.9 Å². The van der Waals surface area contributed by atoms with E-state index in [-0.39, 0.29) is 35.6 Å². The largest absolute Gasteiger partial charge is 0.331 e. The van der Waals surface area contributed by atoms with Crippen molar-refractivity contribution in [1.29, 1.82) is 0 Å². The Balaban J connectivity index is 1.32. The summed E-state index contributed by atoms with van der Waals surface area (Å²) < 4.78 is 26.1. The van der Waals surface area contributed by atoms with Gasteiger partial charge in [0, 0.05) is 12.1 Å². The van der Waals surface area contributed by atoms with Gasteiger partial charge in [-0.15, -0.1) is 0 Å². The summed E-state index contributed by atoms with van der Waals surface area (Å²) >= 11 is 0. The molecule has 2 amide bonds. The van der Waals surface area contributed by atoms with Crippen LogP contribution in [0, 0.1) is 5.92 Å². The van der Waals surface area contributed by atoms with Crippen LogP contribution in [0.15, 0.2) is 133 Å². The molecule has 0 unspecified atom stereocenters. The molecular formula is C41H40N2O4S. The molecule has 6 nitrogen and oxygen atoms in total. The molecule has 0 aromatic heterocycles. The Morgan fingerprint density at radius 2 is 1.35 bits per heavy atom. The molecule has 0 heterocycles. The maximum atomic E-state index is 14.6. The van der Waals surface area contributed by atoms with E-state index in [2.05, 4.69) is 70.3 Å². The number of hydrogen-bond donors (Lipinski definition) is 1. The summed E-state index contributed by atoms with van der Waals surface area (Å²) in [6.45, 7) is 1.98. The summed E-state index contributed by atoms with van der Waals surface area (Å²) in [4.78, 5) is 29.4. The zero-order valence-corrected chi connectivity index (χ0v) is 27.9. The van der Waals surface area contributed by atoms with E-state index in [1.165, 1.54) is 23.6 Å². The third kappa shape index (κ3) is 7.92. The lowest BCUT2D eigenvalue weighted by Crippen LogP contribution is -2.41. The van der Waals surface area contributed by atoms with Gasteiger partial charge in [-0.1, -0.05) is 121 Å². The summed E-state index contributed by atoms with van der Waals surface area (Å²) in [6, 6.07) is 43.9. The second-order valence-corrected chi connectivity index (χ2v) is 14.4. The number of carbonyl (C=O) groups excluding carboxylic acids is 2. The summed E-state index contributed by atoms with van der Waals surface area (Å²) in [7, 11) is -3.69. The van der Waals surface area contributed by atoms with Crippen molar-refractivity contribution < 1.29 is 18.0 Å². The van der Waals surface area contributed by atoms with Gasteiger partial charge in [-0.25, -0.2) is 13.1 Å². The fourth-order valence-electron chi connectivity index (χ4n) is 6.73. The molecule has 0 aliphatic heterocycles. The molecular weight excluding hydrogens is 617 g/mol. The van der Waals surface area contributed by atoms with E-state index in [4.69, 9.17) is 0 Å².